The van der Waals surface area contributed by atoms with Crippen LogP contribution < -0.4 is 10.0 Å². The van der Waals surface area contributed by atoms with Crippen LogP contribution in [0.15, 0.2) is 29.2 Å². The maximum absolute atomic E-state index is 12.6. The van der Waals surface area contributed by atoms with Gasteiger partial charge < -0.3 is 15.2 Å². The lowest BCUT2D eigenvalue weighted by molar-refractivity contribution is -0.147. The summed E-state index contributed by atoms with van der Waals surface area (Å²) in [4.78, 5) is 24.2. The molecule has 3 rings (SSSR count). The number of carbonyl (C=O) groups is 2. The van der Waals surface area contributed by atoms with E-state index in [1.165, 1.54) is 24.3 Å². The molecule has 1 amide bonds. The summed E-state index contributed by atoms with van der Waals surface area (Å²) < 4.78 is 32.8. The van der Waals surface area contributed by atoms with Gasteiger partial charge in [-0.15, -0.1) is 0 Å². The number of carboxylic acids is 1. The molecule has 9 heteroatoms. The van der Waals surface area contributed by atoms with Crippen LogP contribution in [-0.4, -0.2) is 43.1 Å². The first kappa shape index (κ1) is 19.8. The van der Waals surface area contributed by atoms with Crippen molar-refractivity contribution < 1.29 is 27.9 Å². The van der Waals surface area contributed by atoms with Crippen molar-refractivity contribution in [3.05, 3.63) is 24.3 Å². The third-order valence-corrected chi connectivity index (χ3v) is 6.51. The first-order chi connectivity index (χ1) is 12.5. The lowest BCUT2D eigenvalue weighted by atomic mass is 9.78. The molecule has 2 aliphatic rings. The fraction of sp³-hybridized carbons (Fsp3) is 0.556. The molecular formula is C18H24N2O6S. The van der Waals surface area contributed by atoms with E-state index in [4.69, 9.17) is 4.74 Å². The predicted octanol–water partition coefficient (Wildman–Crippen LogP) is 1.58. The van der Waals surface area contributed by atoms with E-state index in [9.17, 15) is 23.1 Å². The molecule has 0 spiro atoms. The molecular weight excluding hydrogens is 372 g/mol. The molecule has 2 aliphatic heterocycles. The van der Waals surface area contributed by atoms with Crippen molar-refractivity contribution in [1.29, 1.82) is 0 Å². The molecule has 2 bridgehead atoms. The highest BCUT2D eigenvalue weighted by Crippen LogP contribution is 2.44. The molecule has 0 saturated carbocycles. The number of carbonyl (C=O) groups excluding carboxylic acids is 1. The van der Waals surface area contributed by atoms with Gasteiger partial charge in [0.2, 0.25) is 15.9 Å². The van der Waals surface area contributed by atoms with E-state index in [-0.39, 0.29) is 11.0 Å². The smallest absolute Gasteiger partial charge is 0.310 e. The summed E-state index contributed by atoms with van der Waals surface area (Å²) in [6.45, 7) is 5.24. The fourth-order valence-electron chi connectivity index (χ4n) is 3.73. The summed E-state index contributed by atoms with van der Waals surface area (Å²) >= 11 is 0. The molecule has 2 fully saturated rings. The van der Waals surface area contributed by atoms with Gasteiger partial charge in [-0.05, 0) is 57.9 Å². The first-order valence-corrected chi connectivity index (χ1v) is 10.3. The van der Waals surface area contributed by atoms with E-state index in [0.717, 1.165) is 0 Å². The Morgan fingerprint density at radius 3 is 2.15 bits per heavy atom. The summed E-state index contributed by atoms with van der Waals surface area (Å²) in [5.41, 5.74) is -0.207. The van der Waals surface area contributed by atoms with Crippen molar-refractivity contribution in [2.75, 3.05) is 5.32 Å². The molecule has 148 valence electrons. The van der Waals surface area contributed by atoms with Gasteiger partial charge in [-0.2, -0.15) is 0 Å². The van der Waals surface area contributed by atoms with Gasteiger partial charge in [0.1, 0.15) is 0 Å². The van der Waals surface area contributed by atoms with E-state index in [0.29, 0.717) is 18.5 Å². The normalized spacial score (nSPS) is 27.5. The minimum Gasteiger partial charge on any atom is -0.481 e. The van der Waals surface area contributed by atoms with Crippen LogP contribution in [0.25, 0.3) is 0 Å². The summed E-state index contributed by atoms with van der Waals surface area (Å²) in [6.07, 6.45) is 0.520. The maximum Gasteiger partial charge on any atom is 0.310 e. The fourth-order valence-corrected chi connectivity index (χ4v) is 5.15. The monoisotopic (exact) mass is 396 g/mol. The van der Waals surface area contributed by atoms with Crippen LogP contribution in [0, 0.1) is 11.8 Å². The Kier molecular flexibility index (Phi) is 5.04. The van der Waals surface area contributed by atoms with E-state index in [1.54, 1.807) is 20.8 Å². The third kappa shape index (κ3) is 4.15. The highest BCUT2D eigenvalue weighted by Gasteiger charge is 2.55. The largest absolute Gasteiger partial charge is 0.481 e. The zero-order chi connectivity index (χ0) is 20.0. The lowest BCUT2D eigenvalue weighted by Gasteiger charge is -2.24. The third-order valence-electron chi connectivity index (χ3n) is 4.73. The molecule has 0 radical (unpaired) electrons. The number of benzene rings is 1. The standard InChI is InChI=1S/C18H24N2O6S/c1-18(2,3)20-27(24,25)11-6-4-10(5-7-11)19-16(21)14-12-8-9-13(26-12)15(14)17(22)23/h4-7,12-15,20H,8-9H2,1-3H3,(H,19,21)(H,22,23)/t12-,13+,14+,15-/m0/s1. The number of hydrogen-bond donors (Lipinski definition) is 3. The number of sulfonamides is 1. The van der Waals surface area contributed by atoms with Crippen LogP contribution in [-0.2, 0) is 24.3 Å². The quantitative estimate of drug-likeness (QED) is 0.695. The highest BCUT2D eigenvalue weighted by molar-refractivity contribution is 7.89. The van der Waals surface area contributed by atoms with Crippen LogP contribution in [0.1, 0.15) is 33.6 Å². The molecule has 0 unspecified atom stereocenters. The Bertz CT molecular complexity index is 844. The van der Waals surface area contributed by atoms with Gasteiger partial charge in [-0.25, -0.2) is 13.1 Å². The molecule has 27 heavy (non-hydrogen) atoms. The Morgan fingerprint density at radius 1 is 1.07 bits per heavy atom. The summed E-state index contributed by atoms with van der Waals surface area (Å²) in [7, 11) is -3.67. The second kappa shape index (κ2) is 6.88. The van der Waals surface area contributed by atoms with Gasteiger partial charge in [0.15, 0.2) is 0 Å². The molecule has 8 nitrogen and oxygen atoms in total. The van der Waals surface area contributed by atoms with Gasteiger partial charge in [0, 0.05) is 11.2 Å². The molecule has 1 aromatic carbocycles. The molecule has 4 atom stereocenters. The van der Waals surface area contributed by atoms with Gasteiger partial charge in [0.05, 0.1) is 28.9 Å². The minimum atomic E-state index is -3.67. The molecule has 1 aromatic rings. The van der Waals surface area contributed by atoms with Crippen LogP contribution >= 0.6 is 0 Å². The van der Waals surface area contributed by atoms with Crippen molar-refractivity contribution in [2.45, 2.75) is 56.3 Å². The number of amides is 1. The van der Waals surface area contributed by atoms with Gasteiger partial charge >= 0.3 is 5.97 Å². The number of carboxylic acid groups (broad SMARTS) is 1. The molecule has 3 N–H and O–H groups in total. The minimum absolute atomic E-state index is 0.0853. The summed E-state index contributed by atoms with van der Waals surface area (Å²) in [5.74, 6) is -3.04. The number of hydrogen-bond acceptors (Lipinski definition) is 5. The average Bonchev–Trinajstić information content (AvgIpc) is 3.14. The maximum atomic E-state index is 12.6. The Hall–Kier alpha value is -1.97. The number of ether oxygens (including phenoxy) is 1. The van der Waals surface area contributed by atoms with E-state index >= 15 is 0 Å². The average molecular weight is 396 g/mol. The van der Waals surface area contributed by atoms with Crippen molar-refractivity contribution in [1.82, 2.24) is 4.72 Å². The number of aliphatic carboxylic acids is 1. The number of rotatable bonds is 5. The van der Waals surface area contributed by atoms with Crippen LogP contribution in [0.3, 0.4) is 0 Å². The number of nitrogens with one attached hydrogen (secondary N) is 2. The molecule has 2 saturated heterocycles. The van der Waals surface area contributed by atoms with Crippen LogP contribution in [0.4, 0.5) is 5.69 Å². The second-order valence-electron chi connectivity index (χ2n) is 8.05. The second-order valence-corrected chi connectivity index (χ2v) is 9.73. The summed E-state index contributed by atoms with van der Waals surface area (Å²) in [5, 5.41) is 12.1. The highest BCUT2D eigenvalue weighted by atomic mass is 32.2. The van der Waals surface area contributed by atoms with E-state index in [1.807, 2.05) is 0 Å². The Balaban J connectivity index is 1.72. The van der Waals surface area contributed by atoms with E-state index in [2.05, 4.69) is 10.0 Å². The molecule has 2 heterocycles. The van der Waals surface area contributed by atoms with Crippen molar-refractivity contribution >= 4 is 27.6 Å². The number of anilines is 1. The van der Waals surface area contributed by atoms with Gasteiger partial charge in [-0.3, -0.25) is 9.59 Å². The van der Waals surface area contributed by atoms with Crippen LogP contribution in [0.5, 0.6) is 0 Å². The van der Waals surface area contributed by atoms with E-state index < -0.39 is 45.4 Å². The SMILES string of the molecule is CC(C)(C)NS(=O)(=O)c1ccc(NC(=O)[C@H]2[C@@H](C(=O)O)[C@H]3CC[C@@H]2O3)cc1. The Labute approximate surface area is 158 Å². The first-order valence-electron chi connectivity index (χ1n) is 8.81. The van der Waals surface area contributed by atoms with Crippen molar-refractivity contribution in [3.63, 3.8) is 0 Å². The molecule has 0 aliphatic carbocycles. The molecule has 0 aromatic heterocycles. The van der Waals surface area contributed by atoms with Crippen molar-refractivity contribution in [3.8, 4) is 0 Å². The van der Waals surface area contributed by atoms with Gasteiger partial charge in [0.25, 0.3) is 0 Å². The summed E-state index contributed by atoms with van der Waals surface area (Å²) in [6, 6.07) is 5.77. The van der Waals surface area contributed by atoms with Gasteiger partial charge in [-0.1, -0.05) is 0 Å². The van der Waals surface area contributed by atoms with Crippen molar-refractivity contribution in [2.24, 2.45) is 11.8 Å². The lowest BCUT2D eigenvalue weighted by Crippen LogP contribution is -2.41. The zero-order valence-electron chi connectivity index (χ0n) is 15.4. The number of fused-ring (bicyclic) bond motifs is 2. The van der Waals surface area contributed by atoms with Crippen LogP contribution in [0.2, 0.25) is 0 Å². The topological polar surface area (TPSA) is 122 Å². The Morgan fingerprint density at radius 2 is 1.63 bits per heavy atom. The zero-order valence-corrected chi connectivity index (χ0v) is 16.2. The predicted molar refractivity (Wildman–Crippen MR) is 97.7 cm³/mol.